The van der Waals surface area contributed by atoms with Crippen LogP contribution in [0.4, 0.5) is 4.79 Å². The predicted molar refractivity (Wildman–Crippen MR) is 127 cm³/mol. The second-order valence-electron chi connectivity index (χ2n) is 7.73. The maximum Gasteiger partial charge on any atom is 0.407 e. The number of carboxylic acid groups (broad SMARTS) is 1. The van der Waals surface area contributed by atoms with Crippen LogP contribution in [-0.4, -0.2) is 49.4 Å². The lowest BCUT2D eigenvalue weighted by Crippen LogP contribution is -2.46. The van der Waals surface area contributed by atoms with Crippen molar-refractivity contribution in [2.45, 2.75) is 18.1 Å². The largest absolute Gasteiger partial charge is 0.479 e. The Morgan fingerprint density at radius 3 is 2.21 bits per heavy atom. The third-order valence-electron chi connectivity index (χ3n) is 5.71. The highest BCUT2D eigenvalue weighted by Crippen LogP contribution is 2.44. The summed E-state index contributed by atoms with van der Waals surface area (Å²) in [5, 5.41) is 16.1. The first-order valence-electron chi connectivity index (χ1n) is 10.7. The van der Waals surface area contributed by atoms with Crippen LogP contribution in [0.15, 0.2) is 66.0 Å². The molecular weight excluding hydrogens is 456 g/mol. The van der Waals surface area contributed by atoms with E-state index in [9.17, 15) is 19.5 Å². The van der Waals surface area contributed by atoms with Crippen LogP contribution in [0.25, 0.3) is 11.1 Å². The lowest BCUT2D eigenvalue weighted by molar-refractivity contribution is -0.144. The molecule has 9 heteroatoms. The van der Waals surface area contributed by atoms with E-state index < -0.39 is 30.1 Å². The summed E-state index contributed by atoms with van der Waals surface area (Å²) in [6.45, 7) is -0.0288. The number of nitrogens with one attached hydrogen (secondary N) is 2. The van der Waals surface area contributed by atoms with E-state index >= 15 is 0 Å². The molecule has 8 nitrogen and oxygen atoms in total. The summed E-state index contributed by atoms with van der Waals surface area (Å²) in [6.07, 6.45) is -1.77. The average Bonchev–Trinajstić information content (AvgIpc) is 3.48. The van der Waals surface area contributed by atoms with Crippen LogP contribution in [0.3, 0.4) is 0 Å². The monoisotopic (exact) mass is 480 g/mol. The molecule has 1 aliphatic carbocycles. The number of benzene rings is 2. The summed E-state index contributed by atoms with van der Waals surface area (Å²) in [4.78, 5) is 37.0. The molecule has 1 heterocycles. The minimum atomic E-state index is -1.19. The first-order chi connectivity index (χ1) is 16.5. The highest BCUT2D eigenvalue weighted by Gasteiger charge is 2.30. The molecule has 0 saturated carbocycles. The Morgan fingerprint density at radius 1 is 1.00 bits per heavy atom. The number of thiophene rings is 1. The maximum atomic E-state index is 12.6. The summed E-state index contributed by atoms with van der Waals surface area (Å²) in [6, 6.07) is 18.2. The molecule has 2 aromatic carbocycles. The molecule has 4 rings (SSSR count). The summed E-state index contributed by atoms with van der Waals surface area (Å²) in [5.74, 6) is -1.92. The zero-order chi connectivity index (χ0) is 24.1. The molecule has 0 radical (unpaired) electrons. The van der Waals surface area contributed by atoms with Crippen molar-refractivity contribution >= 4 is 29.3 Å². The van der Waals surface area contributed by atoms with Gasteiger partial charge in [0.25, 0.3) is 5.91 Å². The maximum absolute atomic E-state index is 12.6. The van der Waals surface area contributed by atoms with Gasteiger partial charge < -0.3 is 25.2 Å². The SMILES string of the molecule is COC(CNC(=O)OCC1c2ccccc2-c2ccccc21)C(=O)NC(C(=O)O)c1cccs1. The Morgan fingerprint density at radius 2 is 1.65 bits per heavy atom. The zero-order valence-corrected chi connectivity index (χ0v) is 19.2. The van der Waals surface area contributed by atoms with E-state index in [1.54, 1.807) is 17.5 Å². The lowest BCUT2D eigenvalue weighted by atomic mass is 9.98. The molecule has 0 aliphatic heterocycles. The first kappa shape index (κ1) is 23.5. The van der Waals surface area contributed by atoms with E-state index in [-0.39, 0.29) is 19.1 Å². The fourth-order valence-corrected chi connectivity index (χ4v) is 4.82. The van der Waals surface area contributed by atoms with Crippen molar-refractivity contribution in [1.82, 2.24) is 10.6 Å². The van der Waals surface area contributed by atoms with Crippen LogP contribution < -0.4 is 10.6 Å². The number of alkyl carbamates (subject to hydrolysis) is 1. The number of ether oxygens (including phenoxy) is 2. The van der Waals surface area contributed by atoms with Gasteiger partial charge in [0.05, 0.1) is 6.54 Å². The van der Waals surface area contributed by atoms with Crippen LogP contribution in [0.2, 0.25) is 0 Å². The molecule has 2 atom stereocenters. The number of carboxylic acids is 1. The van der Waals surface area contributed by atoms with E-state index in [0.29, 0.717) is 4.88 Å². The van der Waals surface area contributed by atoms with Gasteiger partial charge in [0.1, 0.15) is 6.61 Å². The fourth-order valence-electron chi connectivity index (χ4n) is 4.05. The number of rotatable bonds is 9. The highest BCUT2D eigenvalue weighted by molar-refractivity contribution is 7.10. The molecule has 1 aliphatic rings. The van der Waals surface area contributed by atoms with Crippen molar-refractivity contribution < 1.29 is 29.0 Å². The minimum Gasteiger partial charge on any atom is -0.479 e. The van der Waals surface area contributed by atoms with Gasteiger partial charge >= 0.3 is 12.1 Å². The van der Waals surface area contributed by atoms with Crippen LogP contribution in [-0.2, 0) is 19.1 Å². The molecule has 0 fully saturated rings. The first-order valence-corrected chi connectivity index (χ1v) is 11.6. The zero-order valence-electron chi connectivity index (χ0n) is 18.4. The molecule has 0 spiro atoms. The van der Waals surface area contributed by atoms with Gasteiger partial charge in [-0.1, -0.05) is 54.6 Å². The molecule has 34 heavy (non-hydrogen) atoms. The summed E-state index contributed by atoms with van der Waals surface area (Å²) >= 11 is 1.22. The summed E-state index contributed by atoms with van der Waals surface area (Å²) < 4.78 is 10.6. The third-order valence-corrected chi connectivity index (χ3v) is 6.65. The Labute approximate surface area is 200 Å². The number of fused-ring (bicyclic) bond motifs is 3. The van der Waals surface area contributed by atoms with E-state index in [1.807, 2.05) is 36.4 Å². The fraction of sp³-hybridized carbons (Fsp3) is 0.240. The van der Waals surface area contributed by atoms with Crippen molar-refractivity contribution in [3.05, 3.63) is 82.0 Å². The molecule has 176 valence electrons. The second kappa shape index (κ2) is 10.5. The Bertz CT molecular complexity index is 1130. The van der Waals surface area contributed by atoms with Gasteiger partial charge in [0, 0.05) is 17.9 Å². The van der Waals surface area contributed by atoms with Crippen molar-refractivity contribution in [2.75, 3.05) is 20.3 Å². The van der Waals surface area contributed by atoms with Gasteiger partial charge in [-0.15, -0.1) is 11.3 Å². The average molecular weight is 481 g/mol. The van der Waals surface area contributed by atoms with Gasteiger partial charge in [0.15, 0.2) is 12.1 Å². The van der Waals surface area contributed by atoms with E-state index in [4.69, 9.17) is 9.47 Å². The van der Waals surface area contributed by atoms with E-state index in [1.165, 1.54) is 18.4 Å². The molecule has 2 amide bonds. The normalized spacial score (nSPS) is 13.9. The third kappa shape index (κ3) is 4.95. The summed E-state index contributed by atoms with van der Waals surface area (Å²) in [7, 11) is 1.31. The number of aliphatic carboxylic acids is 1. The number of methoxy groups -OCH3 is 1. The number of carbonyl (C=O) groups is 3. The van der Waals surface area contributed by atoms with E-state index in [2.05, 4.69) is 22.8 Å². The molecule has 2 unspecified atom stereocenters. The van der Waals surface area contributed by atoms with Gasteiger partial charge in [-0.05, 0) is 33.7 Å². The Balaban J connectivity index is 1.33. The van der Waals surface area contributed by atoms with Gasteiger partial charge in [-0.2, -0.15) is 0 Å². The number of carbonyl (C=O) groups excluding carboxylic acids is 2. The van der Waals surface area contributed by atoms with Crippen molar-refractivity contribution in [2.24, 2.45) is 0 Å². The number of hydrogen-bond acceptors (Lipinski definition) is 6. The standard InChI is InChI=1S/C25H24N2O6S/c1-32-20(23(28)27-22(24(29)30)21-11-6-12-34-21)13-26-25(31)33-14-19-17-9-4-2-7-15(17)16-8-3-5-10-18(16)19/h2-12,19-20,22H,13-14H2,1H3,(H,26,31)(H,27,28)(H,29,30). The minimum absolute atomic E-state index is 0.0817. The van der Waals surface area contributed by atoms with Crippen LogP contribution >= 0.6 is 11.3 Å². The van der Waals surface area contributed by atoms with Gasteiger partial charge in [-0.3, -0.25) is 4.79 Å². The van der Waals surface area contributed by atoms with Crippen molar-refractivity contribution in [3.8, 4) is 11.1 Å². The second-order valence-corrected chi connectivity index (χ2v) is 8.71. The smallest absolute Gasteiger partial charge is 0.407 e. The number of hydrogen-bond donors (Lipinski definition) is 3. The quantitative estimate of drug-likeness (QED) is 0.432. The Hall–Kier alpha value is -3.69. The Kier molecular flexibility index (Phi) is 7.24. The van der Waals surface area contributed by atoms with Crippen molar-refractivity contribution in [3.63, 3.8) is 0 Å². The van der Waals surface area contributed by atoms with Crippen LogP contribution in [0.5, 0.6) is 0 Å². The van der Waals surface area contributed by atoms with Crippen LogP contribution in [0, 0.1) is 0 Å². The molecule has 1 aromatic heterocycles. The predicted octanol–water partition coefficient (Wildman–Crippen LogP) is 3.54. The number of amides is 2. The molecule has 0 saturated heterocycles. The van der Waals surface area contributed by atoms with Crippen LogP contribution in [0.1, 0.15) is 28.0 Å². The van der Waals surface area contributed by atoms with Gasteiger partial charge in [0.2, 0.25) is 0 Å². The molecule has 3 aromatic rings. The molecule has 0 bridgehead atoms. The molecular formula is C25H24N2O6S. The van der Waals surface area contributed by atoms with E-state index in [0.717, 1.165) is 22.3 Å². The lowest BCUT2D eigenvalue weighted by Gasteiger charge is -2.19. The van der Waals surface area contributed by atoms with Crippen molar-refractivity contribution in [1.29, 1.82) is 0 Å². The summed E-state index contributed by atoms with van der Waals surface area (Å²) in [5.41, 5.74) is 4.45. The van der Waals surface area contributed by atoms with Gasteiger partial charge in [-0.25, -0.2) is 9.59 Å². The topological polar surface area (TPSA) is 114 Å². The molecule has 3 N–H and O–H groups in total. The highest BCUT2D eigenvalue weighted by atomic mass is 32.1.